The van der Waals surface area contributed by atoms with Crippen molar-refractivity contribution in [2.75, 3.05) is 26.2 Å². The molecule has 1 fully saturated rings. The van der Waals surface area contributed by atoms with E-state index < -0.39 is 0 Å². The summed E-state index contributed by atoms with van der Waals surface area (Å²) in [5, 5.41) is 6.12. The molecule has 0 spiro atoms. The summed E-state index contributed by atoms with van der Waals surface area (Å²) >= 11 is 0. The number of benzene rings is 2. The molecule has 2 aliphatic heterocycles. The summed E-state index contributed by atoms with van der Waals surface area (Å²) in [6.45, 7) is 4.79. The highest BCUT2D eigenvalue weighted by Crippen LogP contribution is 2.26. The van der Waals surface area contributed by atoms with Crippen LogP contribution in [0, 0.1) is 5.92 Å². The van der Waals surface area contributed by atoms with E-state index in [-0.39, 0.29) is 36.7 Å². The zero-order valence-electron chi connectivity index (χ0n) is 16.6. The summed E-state index contributed by atoms with van der Waals surface area (Å²) in [4.78, 5) is 39.2. The first-order valence-corrected chi connectivity index (χ1v) is 9.78. The molecule has 0 atom stereocenters. The first-order chi connectivity index (χ1) is 14.1. The van der Waals surface area contributed by atoms with Crippen LogP contribution < -0.4 is 15.4 Å². The van der Waals surface area contributed by atoms with Gasteiger partial charge in [-0.1, -0.05) is 18.2 Å². The topological polar surface area (TPSA) is 87.7 Å². The molecule has 0 unspecified atom stereocenters. The van der Waals surface area contributed by atoms with Gasteiger partial charge in [0.25, 0.3) is 17.7 Å². The second-order valence-electron chi connectivity index (χ2n) is 7.24. The summed E-state index contributed by atoms with van der Waals surface area (Å²) in [6.07, 6.45) is 0. The van der Waals surface area contributed by atoms with Crippen LogP contribution in [0.3, 0.4) is 0 Å². The average Bonchev–Trinajstić information content (AvgIpc) is 2.93. The van der Waals surface area contributed by atoms with E-state index in [1.807, 2.05) is 6.92 Å². The van der Waals surface area contributed by atoms with Crippen LogP contribution in [0.2, 0.25) is 0 Å². The van der Waals surface area contributed by atoms with Gasteiger partial charge in [0.2, 0.25) is 0 Å². The molecule has 30 heavy (non-hydrogen) atoms. The molecule has 2 aromatic carbocycles. The van der Waals surface area contributed by atoms with Gasteiger partial charge in [-0.15, -0.1) is 12.4 Å². The molecule has 0 saturated carbocycles. The molecular weight excluding hydrogens is 406 g/mol. The van der Waals surface area contributed by atoms with E-state index in [1.54, 1.807) is 42.5 Å². The Morgan fingerprint density at radius 2 is 1.80 bits per heavy atom. The quantitative estimate of drug-likeness (QED) is 0.659. The fraction of sp³-hybridized carbons (Fsp3) is 0.318. The lowest BCUT2D eigenvalue weighted by Crippen LogP contribution is -2.48. The summed E-state index contributed by atoms with van der Waals surface area (Å²) in [6, 6.07) is 12.0. The van der Waals surface area contributed by atoms with Crippen molar-refractivity contribution >= 4 is 30.1 Å². The Morgan fingerprint density at radius 3 is 2.37 bits per heavy atom. The summed E-state index contributed by atoms with van der Waals surface area (Å²) in [5.74, 6) is 0.0781. The van der Waals surface area contributed by atoms with E-state index in [0.717, 1.165) is 13.1 Å². The van der Waals surface area contributed by atoms with Crippen LogP contribution in [-0.2, 0) is 6.54 Å². The number of imide groups is 1. The molecule has 8 heteroatoms. The molecule has 0 bridgehead atoms. The van der Waals surface area contributed by atoms with Crippen LogP contribution in [-0.4, -0.2) is 48.9 Å². The SMILES string of the molecule is CCOc1ccc(CN2C(=O)c3ccccc3C2=O)cc1C(=O)NCC1CNC1.Cl. The van der Waals surface area contributed by atoms with Crippen molar-refractivity contribution in [3.63, 3.8) is 0 Å². The monoisotopic (exact) mass is 429 g/mol. The molecule has 7 nitrogen and oxygen atoms in total. The van der Waals surface area contributed by atoms with E-state index in [9.17, 15) is 14.4 Å². The van der Waals surface area contributed by atoms with Crippen molar-refractivity contribution in [2.24, 2.45) is 5.92 Å². The van der Waals surface area contributed by atoms with Crippen molar-refractivity contribution < 1.29 is 19.1 Å². The standard InChI is InChI=1S/C22H23N3O4.ClH/c1-2-29-19-8-7-14(9-18(19)20(26)24-12-15-10-23-11-15)13-25-21(27)16-5-3-4-6-17(16)22(25)28;/h3-9,15,23H,2,10-13H2,1H3,(H,24,26);1H. The van der Waals surface area contributed by atoms with E-state index in [2.05, 4.69) is 10.6 Å². The molecule has 0 aliphatic carbocycles. The number of hydrogen-bond donors (Lipinski definition) is 2. The number of nitrogens with one attached hydrogen (secondary N) is 2. The summed E-state index contributed by atoms with van der Waals surface area (Å²) in [7, 11) is 0. The summed E-state index contributed by atoms with van der Waals surface area (Å²) < 4.78 is 5.60. The van der Waals surface area contributed by atoms with E-state index in [4.69, 9.17) is 4.74 Å². The first kappa shape index (κ1) is 21.8. The van der Waals surface area contributed by atoms with Gasteiger partial charge in [-0.2, -0.15) is 0 Å². The molecule has 0 aromatic heterocycles. The third-order valence-electron chi connectivity index (χ3n) is 5.22. The summed E-state index contributed by atoms with van der Waals surface area (Å²) in [5.41, 5.74) is 1.93. The number of nitrogens with zero attached hydrogens (tertiary/aromatic N) is 1. The highest BCUT2D eigenvalue weighted by Gasteiger charge is 2.35. The van der Waals surface area contributed by atoms with Gasteiger partial charge in [0.1, 0.15) is 5.75 Å². The highest BCUT2D eigenvalue weighted by molar-refractivity contribution is 6.21. The second kappa shape index (κ2) is 9.28. The second-order valence-corrected chi connectivity index (χ2v) is 7.24. The number of carbonyl (C=O) groups is 3. The smallest absolute Gasteiger partial charge is 0.261 e. The van der Waals surface area contributed by atoms with Gasteiger partial charge in [0, 0.05) is 25.6 Å². The Kier molecular flexibility index (Phi) is 6.74. The Labute approximate surface area is 181 Å². The van der Waals surface area contributed by atoms with Gasteiger partial charge in [0.15, 0.2) is 0 Å². The van der Waals surface area contributed by atoms with Crippen molar-refractivity contribution in [1.29, 1.82) is 0 Å². The Morgan fingerprint density at radius 1 is 1.13 bits per heavy atom. The lowest BCUT2D eigenvalue weighted by Gasteiger charge is -2.27. The molecule has 2 aliphatic rings. The van der Waals surface area contributed by atoms with E-state index in [0.29, 0.717) is 47.1 Å². The third-order valence-corrected chi connectivity index (χ3v) is 5.22. The van der Waals surface area contributed by atoms with E-state index in [1.165, 1.54) is 4.90 Å². The molecule has 2 aromatic rings. The van der Waals surface area contributed by atoms with Gasteiger partial charge < -0.3 is 15.4 Å². The fourth-order valence-electron chi connectivity index (χ4n) is 3.52. The number of fused-ring (bicyclic) bond motifs is 1. The maximum atomic E-state index is 12.7. The minimum absolute atomic E-state index is 0. The van der Waals surface area contributed by atoms with Crippen LogP contribution in [0.5, 0.6) is 5.75 Å². The number of carbonyl (C=O) groups excluding carboxylic acids is 3. The van der Waals surface area contributed by atoms with Crippen LogP contribution in [0.25, 0.3) is 0 Å². The normalized spacial score (nSPS) is 15.3. The first-order valence-electron chi connectivity index (χ1n) is 9.78. The fourth-order valence-corrected chi connectivity index (χ4v) is 3.52. The Bertz CT molecular complexity index is 940. The third kappa shape index (κ3) is 4.17. The number of halogens is 1. The van der Waals surface area contributed by atoms with Gasteiger partial charge >= 0.3 is 0 Å². The molecule has 158 valence electrons. The molecule has 2 N–H and O–H groups in total. The van der Waals surface area contributed by atoms with Crippen LogP contribution >= 0.6 is 12.4 Å². The number of amides is 3. The van der Waals surface area contributed by atoms with Gasteiger partial charge in [0.05, 0.1) is 29.8 Å². The highest BCUT2D eigenvalue weighted by atomic mass is 35.5. The minimum atomic E-state index is -0.317. The van der Waals surface area contributed by atoms with Crippen LogP contribution in [0.1, 0.15) is 43.6 Å². The lowest BCUT2D eigenvalue weighted by atomic mass is 10.0. The zero-order valence-corrected chi connectivity index (χ0v) is 17.5. The molecular formula is C22H24ClN3O4. The molecule has 0 radical (unpaired) electrons. The van der Waals surface area contributed by atoms with Gasteiger partial charge in [-0.25, -0.2) is 0 Å². The lowest BCUT2D eigenvalue weighted by molar-refractivity contribution is 0.0642. The molecule has 1 saturated heterocycles. The van der Waals surface area contributed by atoms with Gasteiger partial charge in [-0.05, 0) is 36.8 Å². The van der Waals surface area contributed by atoms with E-state index >= 15 is 0 Å². The Balaban J connectivity index is 0.00000256. The van der Waals surface area contributed by atoms with Crippen molar-refractivity contribution in [1.82, 2.24) is 15.5 Å². The molecule has 3 amide bonds. The maximum Gasteiger partial charge on any atom is 0.261 e. The Hall–Kier alpha value is -2.90. The van der Waals surface area contributed by atoms with Crippen molar-refractivity contribution in [3.05, 3.63) is 64.7 Å². The number of hydrogen-bond acceptors (Lipinski definition) is 5. The maximum absolute atomic E-state index is 12.7. The number of ether oxygens (including phenoxy) is 1. The zero-order chi connectivity index (χ0) is 20.4. The minimum Gasteiger partial charge on any atom is -0.493 e. The van der Waals surface area contributed by atoms with Crippen molar-refractivity contribution in [2.45, 2.75) is 13.5 Å². The molecule has 2 heterocycles. The van der Waals surface area contributed by atoms with Crippen LogP contribution in [0.4, 0.5) is 0 Å². The van der Waals surface area contributed by atoms with Crippen LogP contribution in [0.15, 0.2) is 42.5 Å². The predicted octanol–water partition coefficient (Wildman–Crippen LogP) is 2.25. The van der Waals surface area contributed by atoms with Gasteiger partial charge in [-0.3, -0.25) is 19.3 Å². The average molecular weight is 430 g/mol. The number of rotatable bonds is 7. The largest absolute Gasteiger partial charge is 0.493 e. The predicted molar refractivity (Wildman–Crippen MR) is 114 cm³/mol. The molecule has 4 rings (SSSR count). The van der Waals surface area contributed by atoms with Crippen molar-refractivity contribution in [3.8, 4) is 5.75 Å².